The van der Waals surface area contributed by atoms with Crippen molar-refractivity contribution in [3.05, 3.63) is 60.5 Å². The second-order valence-corrected chi connectivity index (χ2v) is 7.85. The van der Waals surface area contributed by atoms with Gasteiger partial charge in [0.2, 0.25) is 0 Å². The Morgan fingerprint density at radius 3 is 2.42 bits per heavy atom. The van der Waals surface area contributed by atoms with Crippen molar-refractivity contribution in [1.29, 1.82) is 0 Å². The fourth-order valence-corrected chi connectivity index (χ4v) is 4.13. The van der Waals surface area contributed by atoms with Crippen LogP contribution in [0.15, 0.2) is 41.3 Å². The molecule has 4 nitrogen and oxygen atoms in total. The number of thioether (sulfide) groups is 1. The van der Waals surface area contributed by atoms with E-state index in [-0.39, 0.29) is 10.7 Å². The molecular formula is C16H8Cl2INO3S. The molecule has 0 saturated carbocycles. The monoisotopic (exact) mass is 491 g/mol. The number of benzene rings is 2. The molecule has 1 heterocycles. The summed E-state index contributed by atoms with van der Waals surface area (Å²) in [6, 6.07) is 9.55. The van der Waals surface area contributed by atoms with Crippen LogP contribution in [0.2, 0.25) is 10.0 Å². The zero-order valence-electron chi connectivity index (χ0n) is 11.8. The van der Waals surface area contributed by atoms with E-state index in [9.17, 15) is 14.7 Å². The normalized spacial score (nSPS) is 16.3. The number of hydrogen-bond donors (Lipinski definition) is 1. The van der Waals surface area contributed by atoms with Crippen LogP contribution in [-0.4, -0.2) is 16.3 Å². The quantitative estimate of drug-likeness (QED) is 0.442. The summed E-state index contributed by atoms with van der Waals surface area (Å²) in [5, 5.41) is 10.6. The van der Waals surface area contributed by atoms with E-state index in [1.807, 2.05) is 22.6 Å². The molecular weight excluding hydrogens is 484 g/mol. The Hall–Kier alpha value is -1.22. The number of anilines is 1. The van der Waals surface area contributed by atoms with Crippen molar-refractivity contribution in [2.45, 2.75) is 0 Å². The Labute approximate surface area is 165 Å². The lowest BCUT2D eigenvalue weighted by atomic mass is 10.2. The topological polar surface area (TPSA) is 57.6 Å². The van der Waals surface area contributed by atoms with Gasteiger partial charge in [-0.1, -0.05) is 23.2 Å². The van der Waals surface area contributed by atoms with Crippen LogP contribution in [0.4, 0.5) is 10.5 Å². The highest BCUT2D eigenvalue weighted by Crippen LogP contribution is 2.38. The number of hydrogen-bond acceptors (Lipinski definition) is 4. The summed E-state index contributed by atoms with van der Waals surface area (Å²) in [5.74, 6) is -0.444. The zero-order valence-corrected chi connectivity index (χ0v) is 16.3. The van der Waals surface area contributed by atoms with Gasteiger partial charge in [-0.3, -0.25) is 9.59 Å². The summed E-state index contributed by atoms with van der Waals surface area (Å²) in [6.07, 6.45) is 1.46. The predicted octanol–water partition coefficient (Wildman–Crippen LogP) is 5.54. The summed E-state index contributed by atoms with van der Waals surface area (Å²) in [6.45, 7) is 0. The van der Waals surface area contributed by atoms with Crippen LogP contribution in [0.5, 0.6) is 5.75 Å². The number of imide groups is 1. The predicted molar refractivity (Wildman–Crippen MR) is 106 cm³/mol. The molecule has 2 amide bonds. The van der Waals surface area contributed by atoms with Crippen molar-refractivity contribution in [2.24, 2.45) is 0 Å². The number of halogens is 3. The van der Waals surface area contributed by atoms with E-state index >= 15 is 0 Å². The van der Waals surface area contributed by atoms with Crippen molar-refractivity contribution >= 4 is 80.5 Å². The molecule has 0 aliphatic carbocycles. The van der Waals surface area contributed by atoms with Gasteiger partial charge >= 0.3 is 0 Å². The van der Waals surface area contributed by atoms with Gasteiger partial charge < -0.3 is 5.11 Å². The maximum atomic E-state index is 12.6. The molecule has 0 bridgehead atoms. The molecule has 1 aliphatic heterocycles. The third-order valence-corrected chi connectivity index (χ3v) is 5.38. The Bertz CT molecular complexity index is 884. The first-order chi connectivity index (χ1) is 11.4. The van der Waals surface area contributed by atoms with E-state index in [1.54, 1.807) is 30.3 Å². The second-order valence-electron chi connectivity index (χ2n) is 4.82. The van der Waals surface area contributed by atoms with Gasteiger partial charge in [-0.15, -0.1) is 0 Å². The number of carbonyl (C=O) groups is 2. The molecule has 0 aromatic heterocycles. The number of nitrogens with zero attached hydrogens (tertiary/aromatic N) is 1. The first-order valence-corrected chi connectivity index (χ1v) is 9.23. The average molecular weight is 492 g/mol. The van der Waals surface area contributed by atoms with Crippen LogP contribution < -0.4 is 4.90 Å². The summed E-state index contributed by atoms with van der Waals surface area (Å²) < 4.78 is 0.559. The minimum absolute atomic E-state index is 0.0123. The van der Waals surface area contributed by atoms with E-state index < -0.39 is 11.1 Å². The van der Waals surface area contributed by atoms with Gasteiger partial charge in [0.25, 0.3) is 11.1 Å². The third kappa shape index (κ3) is 3.42. The van der Waals surface area contributed by atoms with Gasteiger partial charge in [0.05, 0.1) is 14.2 Å². The van der Waals surface area contributed by atoms with Gasteiger partial charge in [0, 0.05) is 15.6 Å². The number of rotatable bonds is 2. The maximum Gasteiger partial charge on any atom is 0.298 e. The number of amides is 2. The smallest absolute Gasteiger partial charge is 0.298 e. The number of phenolic OH excluding ortho intramolecular Hbond substituents is 1. The molecule has 2 aromatic carbocycles. The van der Waals surface area contributed by atoms with Gasteiger partial charge in [-0.05, 0) is 76.8 Å². The molecule has 122 valence electrons. The highest BCUT2D eigenvalue weighted by molar-refractivity contribution is 14.1. The lowest BCUT2D eigenvalue weighted by Gasteiger charge is -2.12. The standard InChI is InChI=1S/C16H8Cl2INO3S/c17-9-1-3-11(4-2-9)20-15(22)13(24-16(20)23)6-8-5-10(18)7-12(19)14(8)21/h1-7,21H/b13-6+. The largest absolute Gasteiger partial charge is 0.506 e. The highest BCUT2D eigenvalue weighted by atomic mass is 127. The van der Waals surface area contributed by atoms with Crippen LogP contribution in [0.3, 0.4) is 0 Å². The van der Waals surface area contributed by atoms with Crippen molar-refractivity contribution in [3.8, 4) is 5.75 Å². The number of phenols is 1. The molecule has 24 heavy (non-hydrogen) atoms. The van der Waals surface area contributed by atoms with Crippen molar-refractivity contribution < 1.29 is 14.7 Å². The number of aromatic hydroxyl groups is 1. The summed E-state index contributed by atoms with van der Waals surface area (Å²) in [4.78, 5) is 26.0. The fourth-order valence-electron chi connectivity index (χ4n) is 2.12. The van der Waals surface area contributed by atoms with E-state index in [0.29, 0.717) is 24.9 Å². The molecule has 0 atom stereocenters. The lowest BCUT2D eigenvalue weighted by molar-refractivity contribution is -0.113. The molecule has 1 fully saturated rings. The zero-order chi connectivity index (χ0) is 17.4. The van der Waals surface area contributed by atoms with Crippen LogP contribution in [0.1, 0.15) is 5.56 Å². The molecule has 3 rings (SSSR count). The average Bonchev–Trinajstić information content (AvgIpc) is 2.80. The molecule has 0 unspecified atom stereocenters. The summed E-state index contributed by atoms with van der Waals surface area (Å²) in [7, 11) is 0. The Morgan fingerprint density at radius 2 is 1.75 bits per heavy atom. The third-order valence-electron chi connectivity index (χ3n) is 3.22. The lowest BCUT2D eigenvalue weighted by Crippen LogP contribution is -2.27. The minimum atomic E-state index is -0.457. The molecule has 2 aromatic rings. The van der Waals surface area contributed by atoms with Crippen LogP contribution >= 0.6 is 57.6 Å². The van der Waals surface area contributed by atoms with Gasteiger partial charge in [-0.25, -0.2) is 4.90 Å². The first kappa shape index (κ1) is 17.6. The van der Waals surface area contributed by atoms with E-state index in [4.69, 9.17) is 23.2 Å². The van der Waals surface area contributed by atoms with Crippen molar-refractivity contribution in [3.63, 3.8) is 0 Å². The van der Waals surface area contributed by atoms with Crippen LogP contribution in [0, 0.1) is 3.57 Å². The highest BCUT2D eigenvalue weighted by Gasteiger charge is 2.36. The molecule has 0 radical (unpaired) electrons. The van der Waals surface area contributed by atoms with Crippen molar-refractivity contribution in [1.82, 2.24) is 0 Å². The summed E-state index contributed by atoms with van der Waals surface area (Å²) in [5.41, 5.74) is 0.823. The Morgan fingerprint density at radius 1 is 1.08 bits per heavy atom. The fraction of sp³-hybridized carbons (Fsp3) is 0. The number of carbonyl (C=O) groups excluding carboxylic acids is 2. The SMILES string of the molecule is O=C1S/C(=C/c2cc(Cl)cc(I)c2O)C(=O)N1c1ccc(Cl)cc1. The van der Waals surface area contributed by atoms with Gasteiger partial charge in [0.15, 0.2) is 0 Å². The molecule has 1 saturated heterocycles. The van der Waals surface area contributed by atoms with Gasteiger partial charge in [-0.2, -0.15) is 0 Å². The minimum Gasteiger partial charge on any atom is -0.506 e. The second kappa shape index (κ2) is 6.95. The van der Waals surface area contributed by atoms with E-state index in [2.05, 4.69) is 0 Å². The Balaban J connectivity index is 1.98. The molecule has 8 heteroatoms. The van der Waals surface area contributed by atoms with E-state index in [0.717, 1.165) is 16.7 Å². The maximum absolute atomic E-state index is 12.6. The van der Waals surface area contributed by atoms with Gasteiger partial charge in [0.1, 0.15) is 5.75 Å². The molecule has 1 aliphatic rings. The van der Waals surface area contributed by atoms with E-state index in [1.165, 1.54) is 12.1 Å². The first-order valence-electron chi connectivity index (χ1n) is 6.58. The molecule has 0 spiro atoms. The van der Waals surface area contributed by atoms with Crippen LogP contribution in [-0.2, 0) is 4.79 Å². The van der Waals surface area contributed by atoms with Crippen molar-refractivity contribution in [2.75, 3.05) is 4.90 Å². The summed E-state index contributed by atoms with van der Waals surface area (Å²) >= 11 is 14.6. The molecule has 1 N–H and O–H groups in total. The van der Waals surface area contributed by atoms with Crippen LogP contribution in [0.25, 0.3) is 6.08 Å². The Kier molecular flexibility index (Phi) is 5.10.